The topological polar surface area (TPSA) is 38.5 Å². The Bertz CT molecular complexity index is 197. The van der Waals surface area contributed by atoms with E-state index in [-0.39, 0.29) is 0 Å². The summed E-state index contributed by atoms with van der Waals surface area (Å²) in [6, 6.07) is 0.774. The van der Waals surface area contributed by atoms with Gasteiger partial charge in [0, 0.05) is 24.9 Å². The predicted molar refractivity (Wildman–Crippen MR) is 65.3 cm³/mol. The van der Waals surface area contributed by atoms with Crippen LogP contribution >= 0.6 is 11.8 Å². The highest BCUT2D eigenvalue weighted by atomic mass is 32.2. The summed E-state index contributed by atoms with van der Waals surface area (Å²) in [7, 11) is 2.23. The molecule has 0 aromatic rings. The summed E-state index contributed by atoms with van der Waals surface area (Å²) in [4.78, 5) is 2.48. The van der Waals surface area contributed by atoms with Crippen LogP contribution in [0.15, 0.2) is 0 Å². The van der Waals surface area contributed by atoms with Gasteiger partial charge in [-0.15, -0.1) is 0 Å². The third-order valence-electron chi connectivity index (χ3n) is 3.48. The first-order chi connectivity index (χ1) is 7.29. The van der Waals surface area contributed by atoms with Crippen LogP contribution < -0.4 is 5.73 Å². The SMILES string of the molecule is CN(CC1CCC(CN)O1)C1CCSC1. The summed E-state index contributed by atoms with van der Waals surface area (Å²) in [5.41, 5.74) is 5.61. The monoisotopic (exact) mass is 230 g/mol. The van der Waals surface area contributed by atoms with Crippen LogP contribution in [0.1, 0.15) is 19.3 Å². The lowest BCUT2D eigenvalue weighted by Crippen LogP contribution is -2.38. The second kappa shape index (κ2) is 5.53. The summed E-state index contributed by atoms with van der Waals surface area (Å²) in [6.07, 6.45) is 4.42. The molecule has 0 saturated carbocycles. The molecule has 0 aromatic heterocycles. The summed E-state index contributed by atoms with van der Waals surface area (Å²) in [5.74, 6) is 2.62. The molecular weight excluding hydrogens is 208 g/mol. The van der Waals surface area contributed by atoms with Gasteiger partial charge in [0.15, 0.2) is 0 Å². The number of nitrogens with two attached hydrogens (primary N) is 1. The second-order valence-electron chi connectivity index (χ2n) is 4.65. The molecule has 3 unspecified atom stereocenters. The molecule has 0 aliphatic carbocycles. The molecule has 2 aliphatic rings. The molecule has 4 heteroatoms. The van der Waals surface area contributed by atoms with E-state index >= 15 is 0 Å². The number of rotatable bonds is 4. The van der Waals surface area contributed by atoms with Crippen molar-refractivity contribution in [3.8, 4) is 0 Å². The first-order valence-electron chi connectivity index (χ1n) is 5.93. The van der Waals surface area contributed by atoms with Crippen molar-refractivity contribution in [2.75, 3.05) is 31.6 Å². The molecule has 0 aromatic carbocycles. The normalized spacial score (nSPS) is 36.6. The number of thioether (sulfide) groups is 1. The third kappa shape index (κ3) is 3.09. The van der Waals surface area contributed by atoms with Gasteiger partial charge in [0.1, 0.15) is 0 Å². The number of hydrogen-bond acceptors (Lipinski definition) is 4. The molecule has 2 fully saturated rings. The van der Waals surface area contributed by atoms with E-state index in [0.29, 0.717) is 18.8 Å². The molecule has 2 aliphatic heterocycles. The molecule has 3 atom stereocenters. The molecule has 2 N–H and O–H groups in total. The van der Waals surface area contributed by atoms with Gasteiger partial charge in [0.2, 0.25) is 0 Å². The Kier molecular flexibility index (Phi) is 4.31. The molecule has 3 nitrogen and oxygen atoms in total. The largest absolute Gasteiger partial charge is 0.372 e. The maximum Gasteiger partial charge on any atom is 0.0707 e. The summed E-state index contributed by atoms with van der Waals surface area (Å²) < 4.78 is 5.87. The lowest BCUT2D eigenvalue weighted by Gasteiger charge is -2.26. The van der Waals surface area contributed by atoms with Gasteiger partial charge in [0.25, 0.3) is 0 Å². The van der Waals surface area contributed by atoms with Crippen molar-refractivity contribution < 1.29 is 4.74 Å². The summed E-state index contributed by atoms with van der Waals surface area (Å²) in [6.45, 7) is 1.77. The predicted octanol–water partition coefficient (Wildman–Crippen LogP) is 0.930. The van der Waals surface area contributed by atoms with Gasteiger partial charge >= 0.3 is 0 Å². The number of hydrogen-bond donors (Lipinski definition) is 1. The van der Waals surface area contributed by atoms with Crippen molar-refractivity contribution in [2.24, 2.45) is 5.73 Å². The Morgan fingerprint density at radius 2 is 2.13 bits per heavy atom. The molecule has 2 heterocycles. The first kappa shape index (κ1) is 11.7. The molecule has 2 rings (SSSR count). The Balaban J connectivity index is 1.72. The van der Waals surface area contributed by atoms with Gasteiger partial charge in [0.05, 0.1) is 12.2 Å². The van der Waals surface area contributed by atoms with Gasteiger partial charge in [-0.2, -0.15) is 11.8 Å². The molecule has 0 amide bonds. The van der Waals surface area contributed by atoms with Gasteiger partial charge in [-0.05, 0) is 32.1 Å². The zero-order valence-electron chi connectivity index (χ0n) is 9.52. The van der Waals surface area contributed by atoms with E-state index in [1.807, 2.05) is 0 Å². The molecule has 0 radical (unpaired) electrons. The highest BCUT2D eigenvalue weighted by Crippen LogP contribution is 2.24. The fourth-order valence-electron chi connectivity index (χ4n) is 2.43. The third-order valence-corrected chi connectivity index (χ3v) is 4.62. The van der Waals surface area contributed by atoms with Crippen LogP contribution in [0.2, 0.25) is 0 Å². The van der Waals surface area contributed by atoms with E-state index in [4.69, 9.17) is 10.5 Å². The molecule has 88 valence electrons. The average molecular weight is 230 g/mol. The van der Waals surface area contributed by atoms with Gasteiger partial charge in [-0.1, -0.05) is 0 Å². The van der Waals surface area contributed by atoms with Gasteiger partial charge < -0.3 is 10.5 Å². The first-order valence-corrected chi connectivity index (χ1v) is 7.08. The maximum atomic E-state index is 5.87. The lowest BCUT2D eigenvalue weighted by atomic mass is 10.1. The van der Waals surface area contributed by atoms with Crippen LogP contribution in [0.25, 0.3) is 0 Å². The smallest absolute Gasteiger partial charge is 0.0707 e. The van der Waals surface area contributed by atoms with E-state index in [2.05, 4.69) is 23.7 Å². The molecule has 0 spiro atoms. The fourth-order valence-corrected chi connectivity index (χ4v) is 3.73. The number of nitrogens with zero attached hydrogens (tertiary/aromatic N) is 1. The fraction of sp³-hybridized carbons (Fsp3) is 1.00. The average Bonchev–Trinajstić information content (AvgIpc) is 2.87. The minimum atomic E-state index is 0.321. The van der Waals surface area contributed by atoms with E-state index in [0.717, 1.165) is 19.0 Å². The van der Waals surface area contributed by atoms with E-state index in [1.54, 1.807) is 0 Å². The standard InChI is InChI=1S/C11H22N2OS/c1-13(9-4-5-15-8-9)7-11-3-2-10(6-12)14-11/h9-11H,2-8,12H2,1H3. The van der Waals surface area contributed by atoms with Crippen LogP contribution in [-0.2, 0) is 4.74 Å². The zero-order valence-corrected chi connectivity index (χ0v) is 10.3. The Morgan fingerprint density at radius 1 is 1.33 bits per heavy atom. The van der Waals surface area contributed by atoms with Crippen molar-refractivity contribution >= 4 is 11.8 Å². The summed E-state index contributed by atoms with van der Waals surface area (Å²) >= 11 is 2.07. The quantitative estimate of drug-likeness (QED) is 0.780. The highest BCUT2D eigenvalue weighted by molar-refractivity contribution is 7.99. The minimum Gasteiger partial charge on any atom is -0.372 e. The van der Waals surface area contributed by atoms with Crippen LogP contribution in [0.3, 0.4) is 0 Å². The second-order valence-corrected chi connectivity index (χ2v) is 5.80. The number of likely N-dealkylation sites (N-methyl/N-ethyl adjacent to an activating group) is 1. The highest BCUT2D eigenvalue weighted by Gasteiger charge is 2.28. The zero-order chi connectivity index (χ0) is 10.7. The minimum absolute atomic E-state index is 0.321. The Labute approximate surface area is 96.7 Å². The van der Waals surface area contributed by atoms with Crippen molar-refractivity contribution in [2.45, 2.75) is 37.5 Å². The van der Waals surface area contributed by atoms with E-state index in [9.17, 15) is 0 Å². The Hall–Kier alpha value is 0.230. The van der Waals surface area contributed by atoms with Gasteiger partial charge in [-0.3, -0.25) is 4.90 Å². The Morgan fingerprint density at radius 3 is 2.73 bits per heavy atom. The van der Waals surface area contributed by atoms with Crippen molar-refractivity contribution in [3.05, 3.63) is 0 Å². The molecule has 2 saturated heterocycles. The maximum absolute atomic E-state index is 5.87. The van der Waals surface area contributed by atoms with Crippen molar-refractivity contribution in [3.63, 3.8) is 0 Å². The van der Waals surface area contributed by atoms with Crippen LogP contribution in [0.5, 0.6) is 0 Å². The van der Waals surface area contributed by atoms with Crippen molar-refractivity contribution in [1.29, 1.82) is 0 Å². The summed E-state index contributed by atoms with van der Waals surface area (Å²) in [5, 5.41) is 0. The van der Waals surface area contributed by atoms with Crippen LogP contribution in [0.4, 0.5) is 0 Å². The molecule has 15 heavy (non-hydrogen) atoms. The van der Waals surface area contributed by atoms with Crippen LogP contribution in [0, 0.1) is 0 Å². The number of ether oxygens (including phenoxy) is 1. The molecular formula is C11H22N2OS. The lowest BCUT2D eigenvalue weighted by molar-refractivity contribution is 0.0261. The van der Waals surface area contributed by atoms with Gasteiger partial charge in [-0.25, -0.2) is 0 Å². The van der Waals surface area contributed by atoms with Crippen molar-refractivity contribution in [1.82, 2.24) is 4.90 Å². The van der Waals surface area contributed by atoms with E-state index < -0.39 is 0 Å². The van der Waals surface area contributed by atoms with Crippen LogP contribution in [-0.4, -0.2) is 54.8 Å². The molecule has 0 bridgehead atoms. The van der Waals surface area contributed by atoms with E-state index in [1.165, 1.54) is 24.3 Å².